The summed E-state index contributed by atoms with van der Waals surface area (Å²) in [4.78, 5) is 34.5. The molecule has 0 amide bonds. The van der Waals surface area contributed by atoms with Crippen molar-refractivity contribution in [3.8, 4) is 22.6 Å². The van der Waals surface area contributed by atoms with Gasteiger partial charge in [0.05, 0.1) is 38.9 Å². The molecule has 0 aromatic heterocycles. The molecule has 0 fully saturated rings. The molecule has 9 nitrogen and oxygen atoms in total. The SMILES string of the molecule is C=C(CO)C(=O)OCCOc1ccc(-c2ccc(/C=C/c3ccc(OCCCOC(=O)C(=C)CC(=O)OC)cc3)cc2)cc1. The molecule has 0 bridgehead atoms. The van der Waals surface area contributed by atoms with E-state index in [2.05, 4.69) is 17.9 Å². The molecule has 0 spiro atoms. The molecule has 3 aromatic rings. The molecule has 3 aromatic carbocycles. The van der Waals surface area contributed by atoms with Gasteiger partial charge in [0.1, 0.15) is 24.7 Å². The van der Waals surface area contributed by atoms with Crippen LogP contribution in [0.3, 0.4) is 0 Å². The summed E-state index contributed by atoms with van der Waals surface area (Å²) in [5.41, 5.74) is 4.23. The Balaban J connectivity index is 1.38. The molecule has 0 radical (unpaired) electrons. The molecule has 230 valence electrons. The highest BCUT2D eigenvalue weighted by Gasteiger charge is 2.13. The third kappa shape index (κ3) is 11.3. The summed E-state index contributed by atoms with van der Waals surface area (Å²) < 4.78 is 25.9. The van der Waals surface area contributed by atoms with E-state index < -0.39 is 24.5 Å². The summed E-state index contributed by atoms with van der Waals surface area (Å²) in [5, 5.41) is 8.87. The normalized spacial score (nSPS) is 10.6. The van der Waals surface area contributed by atoms with Crippen LogP contribution < -0.4 is 9.47 Å². The number of aliphatic hydroxyl groups is 1. The number of benzene rings is 3. The Morgan fingerprint density at radius 2 is 1.14 bits per heavy atom. The fourth-order valence-electron chi connectivity index (χ4n) is 3.69. The molecule has 0 heterocycles. The van der Waals surface area contributed by atoms with E-state index in [1.165, 1.54) is 7.11 Å². The van der Waals surface area contributed by atoms with E-state index in [0.717, 1.165) is 22.3 Å². The first-order valence-corrected chi connectivity index (χ1v) is 13.9. The third-order valence-electron chi connectivity index (χ3n) is 6.18. The Labute approximate surface area is 257 Å². The predicted octanol–water partition coefficient (Wildman–Crippen LogP) is 5.43. The maximum Gasteiger partial charge on any atom is 0.335 e. The highest BCUT2D eigenvalue weighted by molar-refractivity contribution is 5.93. The standard InChI is InChI=1S/C35H36O9/c1-25(23-33(37)40-3)34(38)43-20-4-19-41-31-15-9-28(10-16-31)6-5-27-7-11-29(12-8-27)30-13-17-32(18-14-30)42-21-22-44-35(39)26(2)24-36/h5-18,36H,1-2,4,19-24H2,3H3/b6-5+. The van der Waals surface area contributed by atoms with Crippen LogP contribution in [0, 0.1) is 0 Å². The number of hydrogen-bond acceptors (Lipinski definition) is 9. The fraction of sp³-hybridized carbons (Fsp3) is 0.229. The van der Waals surface area contributed by atoms with Crippen LogP contribution in [0.2, 0.25) is 0 Å². The van der Waals surface area contributed by atoms with E-state index in [1.54, 1.807) is 0 Å². The number of aliphatic hydroxyl groups excluding tert-OH is 1. The average Bonchev–Trinajstić information content (AvgIpc) is 3.05. The lowest BCUT2D eigenvalue weighted by molar-refractivity contribution is -0.144. The highest BCUT2D eigenvalue weighted by atomic mass is 16.6. The van der Waals surface area contributed by atoms with E-state index >= 15 is 0 Å². The summed E-state index contributed by atoms with van der Waals surface area (Å²) in [5.74, 6) is -0.437. The minimum Gasteiger partial charge on any atom is -0.493 e. The smallest absolute Gasteiger partial charge is 0.335 e. The number of carbonyl (C=O) groups excluding carboxylic acids is 3. The van der Waals surface area contributed by atoms with Gasteiger partial charge >= 0.3 is 17.9 Å². The second-order valence-corrected chi connectivity index (χ2v) is 9.49. The lowest BCUT2D eigenvalue weighted by atomic mass is 10.0. The molecule has 0 aliphatic heterocycles. The van der Waals surface area contributed by atoms with Crippen LogP contribution in [0.15, 0.2) is 97.1 Å². The van der Waals surface area contributed by atoms with Crippen molar-refractivity contribution in [1.29, 1.82) is 0 Å². The van der Waals surface area contributed by atoms with Crippen molar-refractivity contribution in [2.75, 3.05) is 40.1 Å². The first-order chi connectivity index (χ1) is 21.3. The molecule has 0 saturated carbocycles. The molecule has 0 unspecified atom stereocenters. The minimum absolute atomic E-state index is 0.00621. The Kier molecular flexibility index (Phi) is 13.4. The summed E-state index contributed by atoms with van der Waals surface area (Å²) in [6.07, 6.45) is 4.35. The van der Waals surface area contributed by atoms with Crippen molar-refractivity contribution in [1.82, 2.24) is 0 Å². The van der Waals surface area contributed by atoms with Crippen molar-refractivity contribution in [2.45, 2.75) is 12.8 Å². The van der Waals surface area contributed by atoms with Crippen LogP contribution in [0.25, 0.3) is 23.3 Å². The third-order valence-corrected chi connectivity index (χ3v) is 6.18. The van der Waals surface area contributed by atoms with Crippen molar-refractivity contribution in [2.24, 2.45) is 0 Å². The molecular weight excluding hydrogens is 564 g/mol. The summed E-state index contributed by atoms with van der Waals surface area (Å²) in [6, 6.07) is 23.5. The Morgan fingerprint density at radius 1 is 0.659 bits per heavy atom. The van der Waals surface area contributed by atoms with Crippen molar-refractivity contribution in [3.63, 3.8) is 0 Å². The summed E-state index contributed by atoms with van der Waals surface area (Å²) >= 11 is 0. The quantitative estimate of drug-likeness (QED) is 0.0712. The lowest BCUT2D eigenvalue weighted by Gasteiger charge is -2.09. The molecule has 0 aliphatic carbocycles. The van der Waals surface area contributed by atoms with Gasteiger partial charge in [-0.15, -0.1) is 0 Å². The number of esters is 3. The minimum atomic E-state index is -0.637. The second kappa shape index (κ2) is 17.7. The Hall–Kier alpha value is -5.15. The van der Waals surface area contributed by atoms with Crippen molar-refractivity contribution in [3.05, 3.63) is 108 Å². The van der Waals surface area contributed by atoms with E-state index in [1.807, 2.05) is 84.9 Å². The Morgan fingerprint density at radius 3 is 1.70 bits per heavy atom. The van der Waals surface area contributed by atoms with Gasteiger partial charge in [0, 0.05) is 12.0 Å². The fourth-order valence-corrected chi connectivity index (χ4v) is 3.69. The topological polar surface area (TPSA) is 118 Å². The monoisotopic (exact) mass is 600 g/mol. The largest absolute Gasteiger partial charge is 0.493 e. The molecule has 3 rings (SSSR count). The van der Waals surface area contributed by atoms with Crippen LogP contribution in [-0.4, -0.2) is 63.2 Å². The zero-order valence-electron chi connectivity index (χ0n) is 24.7. The van der Waals surface area contributed by atoms with Gasteiger partial charge in [-0.25, -0.2) is 9.59 Å². The van der Waals surface area contributed by atoms with Crippen LogP contribution in [0.4, 0.5) is 0 Å². The first kappa shape index (κ1) is 33.4. The lowest BCUT2D eigenvalue weighted by Crippen LogP contribution is -2.14. The van der Waals surface area contributed by atoms with Gasteiger partial charge in [-0.3, -0.25) is 4.79 Å². The highest BCUT2D eigenvalue weighted by Crippen LogP contribution is 2.24. The van der Waals surface area contributed by atoms with Gasteiger partial charge in [0.15, 0.2) is 0 Å². The van der Waals surface area contributed by atoms with Crippen LogP contribution in [-0.2, 0) is 28.6 Å². The number of ether oxygens (including phenoxy) is 5. The number of hydrogen-bond donors (Lipinski definition) is 1. The van der Waals surface area contributed by atoms with Crippen molar-refractivity contribution >= 4 is 30.1 Å². The van der Waals surface area contributed by atoms with E-state index in [-0.39, 0.29) is 37.4 Å². The number of methoxy groups -OCH3 is 1. The molecule has 44 heavy (non-hydrogen) atoms. The van der Waals surface area contributed by atoms with Crippen molar-refractivity contribution < 1.29 is 43.2 Å². The second-order valence-electron chi connectivity index (χ2n) is 9.49. The Bertz CT molecular complexity index is 1440. The average molecular weight is 601 g/mol. The zero-order chi connectivity index (χ0) is 31.7. The van der Waals surface area contributed by atoms with Gasteiger partial charge in [0.2, 0.25) is 0 Å². The van der Waals surface area contributed by atoms with Crippen LogP contribution in [0.1, 0.15) is 24.0 Å². The predicted molar refractivity (Wildman–Crippen MR) is 167 cm³/mol. The maximum atomic E-state index is 11.8. The van der Waals surface area contributed by atoms with E-state index in [9.17, 15) is 14.4 Å². The van der Waals surface area contributed by atoms with E-state index in [4.69, 9.17) is 24.1 Å². The molecule has 9 heteroatoms. The van der Waals surface area contributed by atoms with E-state index in [0.29, 0.717) is 24.5 Å². The summed E-state index contributed by atoms with van der Waals surface area (Å²) in [6.45, 7) is 7.29. The molecule has 0 aliphatic rings. The van der Waals surface area contributed by atoms with Gasteiger partial charge in [-0.05, 0) is 46.5 Å². The zero-order valence-corrected chi connectivity index (χ0v) is 24.7. The van der Waals surface area contributed by atoms with Gasteiger partial charge < -0.3 is 28.8 Å². The van der Waals surface area contributed by atoms with Gasteiger partial charge in [0.25, 0.3) is 0 Å². The first-order valence-electron chi connectivity index (χ1n) is 13.9. The summed E-state index contributed by atoms with van der Waals surface area (Å²) in [7, 11) is 1.25. The number of rotatable bonds is 17. The molecular formula is C35H36O9. The van der Waals surface area contributed by atoms with Crippen LogP contribution in [0.5, 0.6) is 11.5 Å². The van der Waals surface area contributed by atoms with Gasteiger partial charge in [-0.1, -0.05) is 73.8 Å². The maximum absolute atomic E-state index is 11.8. The van der Waals surface area contributed by atoms with Crippen LogP contribution >= 0.6 is 0 Å². The molecule has 1 N–H and O–H groups in total. The molecule has 0 atom stereocenters. The number of carbonyl (C=O) groups is 3. The molecule has 0 saturated heterocycles. The van der Waals surface area contributed by atoms with Gasteiger partial charge in [-0.2, -0.15) is 0 Å².